The Balaban J connectivity index is 1.34. The molecule has 0 saturated carbocycles. The number of piperazine rings is 1. The van der Waals surface area contributed by atoms with Gasteiger partial charge in [-0.3, -0.25) is 9.69 Å². The van der Waals surface area contributed by atoms with Crippen LogP contribution in [0.4, 0.5) is 9.52 Å². The second-order valence-corrected chi connectivity index (χ2v) is 6.68. The van der Waals surface area contributed by atoms with Crippen LogP contribution >= 0.6 is 11.3 Å². The molecule has 0 spiro atoms. The van der Waals surface area contributed by atoms with Crippen molar-refractivity contribution >= 4 is 22.4 Å². The average Bonchev–Trinajstić information content (AvgIpc) is 3.12. The minimum absolute atomic E-state index is 0.0415. The summed E-state index contributed by atoms with van der Waals surface area (Å²) < 4.78 is 12.8. The van der Waals surface area contributed by atoms with Crippen molar-refractivity contribution in [3.63, 3.8) is 0 Å². The summed E-state index contributed by atoms with van der Waals surface area (Å²) in [6, 6.07) is 6.39. The summed E-state index contributed by atoms with van der Waals surface area (Å²) in [5, 5.41) is 5.97. The molecule has 2 aromatic rings. The lowest BCUT2D eigenvalue weighted by Gasteiger charge is -2.34. The molecule has 0 atom stereocenters. The lowest BCUT2D eigenvalue weighted by atomic mass is 10.1. The summed E-state index contributed by atoms with van der Waals surface area (Å²) in [6.45, 7) is 4.53. The van der Waals surface area contributed by atoms with Crippen molar-refractivity contribution < 1.29 is 9.18 Å². The number of hydrogen-bond donors (Lipinski definition) is 1. The molecule has 1 aliphatic heterocycles. The molecule has 1 N–H and O–H groups in total. The van der Waals surface area contributed by atoms with Gasteiger partial charge in [0.05, 0.1) is 6.54 Å². The molecule has 3 rings (SSSR count). The van der Waals surface area contributed by atoms with Crippen LogP contribution in [0.3, 0.4) is 0 Å². The van der Waals surface area contributed by atoms with E-state index in [4.69, 9.17) is 0 Å². The van der Waals surface area contributed by atoms with Crippen molar-refractivity contribution in [1.29, 1.82) is 0 Å². The summed E-state index contributed by atoms with van der Waals surface area (Å²) in [4.78, 5) is 20.8. The Morgan fingerprint density at radius 1 is 1.21 bits per heavy atom. The van der Waals surface area contributed by atoms with Gasteiger partial charge in [0.25, 0.3) is 0 Å². The van der Waals surface area contributed by atoms with Crippen LogP contribution in [-0.2, 0) is 11.2 Å². The molecule has 1 aliphatic rings. The standard InChI is InChI=1S/C17H21FN4OS/c18-15-3-1-14(2-4-15)5-6-19-16(23)13-21-8-10-22(11-9-21)17-20-7-12-24-17/h1-4,7,12H,5-6,8-11,13H2,(H,19,23). The molecule has 1 fully saturated rings. The highest BCUT2D eigenvalue weighted by atomic mass is 32.1. The number of thiazole rings is 1. The Bertz CT molecular complexity index is 639. The third kappa shape index (κ3) is 4.75. The number of nitrogens with zero attached hydrogens (tertiary/aromatic N) is 3. The number of halogens is 1. The van der Waals surface area contributed by atoms with Crippen LogP contribution in [0.5, 0.6) is 0 Å². The summed E-state index contributed by atoms with van der Waals surface area (Å²) in [5.74, 6) is -0.195. The topological polar surface area (TPSA) is 48.5 Å². The Morgan fingerprint density at radius 3 is 2.62 bits per heavy atom. The van der Waals surface area contributed by atoms with E-state index < -0.39 is 0 Å². The van der Waals surface area contributed by atoms with Gasteiger partial charge in [-0.25, -0.2) is 9.37 Å². The Labute approximate surface area is 145 Å². The molecule has 1 aromatic carbocycles. The number of aromatic nitrogens is 1. The Morgan fingerprint density at radius 2 is 1.96 bits per heavy atom. The van der Waals surface area contributed by atoms with Gasteiger partial charge in [-0.15, -0.1) is 11.3 Å². The molecule has 2 heterocycles. The average molecular weight is 348 g/mol. The summed E-state index contributed by atoms with van der Waals surface area (Å²) in [6.07, 6.45) is 2.53. The van der Waals surface area contributed by atoms with E-state index in [0.717, 1.165) is 36.9 Å². The van der Waals surface area contributed by atoms with Gasteiger partial charge in [-0.2, -0.15) is 0 Å². The molecule has 1 saturated heterocycles. The molecule has 24 heavy (non-hydrogen) atoms. The minimum Gasteiger partial charge on any atom is -0.355 e. The van der Waals surface area contributed by atoms with Gasteiger partial charge in [0.2, 0.25) is 5.91 Å². The van der Waals surface area contributed by atoms with E-state index in [-0.39, 0.29) is 11.7 Å². The molecule has 0 unspecified atom stereocenters. The van der Waals surface area contributed by atoms with E-state index in [9.17, 15) is 9.18 Å². The summed E-state index contributed by atoms with van der Waals surface area (Å²) in [7, 11) is 0. The maximum atomic E-state index is 12.8. The first-order valence-electron chi connectivity index (χ1n) is 8.08. The zero-order chi connectivity index (χ0) is 16.8. The van der Waals surface area contributed by atoms with Crippen LogP contribution in [0.2, 0.25) is 0 Å². The monoisotopic (exact) mass is 348 g/mol. The Hall–Kier alpha value is -1.99. The molecular formula is C17H21FN4OS. The fourth-order valence-corrected chi connectivity index (χ4v) is 3.42. The second kappa shape index (κ2) is 8.21. The van der Waals surface area contributed by atoms with Crippen LogP contribution in [0.25, 0.3) is 0 Å². The van der Waals surface area contributed by atoms with Crippen LogP contribution in [0.1, 0.15) is 5.56 Å². The van der Waals surface area contributed by atoms with Gasteiger partial charge in [-0.1, -0.05) is 12.1 Å². The Kier molecular flexibility index (Phi) is 5.77. The van der Waals surface area contributed by atoms with E-state index in [1.807, 2.05) is 11.6 Å². The number of hydrogen-bond acceptors (Lipinski definition) is 5. The molecule has 1 aromatic heterocycles. The van der Waals surface area contributed by atoms with E-state index in [1.54, 1.807) is 23.5 Å². The number of amides is 1. The maximum Gasteiger partial charge on any atom is 0.234 e. The predicted molar refractivity (Wildman–Crippen MR) is 93.9 cm³/mol. The first-order valence-corrected chi connectivity index (χ1v) is 8.96. The minimum atomic E-state index is -0.236. The first kappa shape index (κ1) is 16.9. The predicted octanol–water partition coefficient (Wildman–Crippen LogP) is 1.76. The number of carbonyl (C=O) groups excluding carboxylic acids is 1. The van der Waals surface area contributed by atoms with E-state index in [2.05, 4.69) is 20.1 Å². The molecule has 128 valence electrons. The van der Waals surface area contributed by atoms with Crippen LogP contribution < -0.4 is 10.2 Å². The van der Waals surface area contributed by atoms with Crippen molar-refractivity contribution in [2.45, 2.75) is 6.42 Å². The van der Waals surface area contributed by atoms with Crippen molar-refractivity contribution in [2.75, 3.05) is 44.2 Å². The van der Waals surface area contributed by atoms with Crippen LogP contribution in [0, 0.1) is 5.82 Å². The van der Waals surface area contributed by atoms with Gasteiger partial charge in [0.15, 0.2) is 5.13 Å². The quantitative estimate of drug-likeness (QED) is 0.864. The highest BCUT2D eigenvalue weighted by Gasteiger charge is 2.20. The second-order valence-electron chi connectivity index (χ2n) is 5.80. The number of benzene rings is 1. The van der Waals surface area contributed by atoms with Gasteiger partial charge in [0, 0.05) is 44.3 Å². The first-order chi connectivity index (χ1) is 11.7. The van der Waals surface area contributed by atoms with E-state index >= 15 is 0 Å². The van der Waals surface area contributed by atoms with E-state index in [0.29, 0.717) is 19.5 Å². The largest absolute Gasteiger partial charge is 0.355 e. The lowest BCUT2D eigenvalue weighted by Crippen LogP contribution is -2.49. The van der Waals surface area contributed by atoms with Crippen molar-refractivity contribution in [1.82, 2.24) is 15.2 Å². The van der Waals surface area contributed by atoms with Crippen molar-refractivity contribution in [3.8, 4) is 0 Å². The summed E-state index contributed by atoms with van der Waals surface area (Å²) in [5.41, 5.74) is 1.02. The molecule has 0 radical (unpaired) electrons. The van der Waals surface area contributed by atoms with Gasteiger partial charge >= 0.3 is 0 Å². The molecule has 5 nitrogen and oxygen atoms in total. The van der Waals surface area contributed by atoms with Crippen LogP contribution in [0.15, 0.2) is 35.8 Å². The fraction of sp³-hybridized carbons (Fsp3) is 0.412. The molecule has 0 bridgehead atoms. The van der Waals surface area contributed by atoms with E-state index in [1.165, 1.54) is 12.1 Å². The molecular weight excluding hydrogens is 327 g/mol. The van der Waals surface area contributed by atoms with Crippen LogP contribution in [-0.4, -0.2) is 55.1 Å². The van der Waals surface area contributed by atoms with Gasteiger partial charge in [-0.05, 0) is 24.1 Å². The van der Waals surface area contributed by atoms with Crippen molar-refractivity contribution in [3.05, 3.63) is 47.2 Å². The third-order valence-electron chi connectivity index (χ3n) is 4.08. The van der Waals surface area contributed by atoms with Gasteiger partial charge in [0.1, 0.15) is 5.82 Å². The highest BCUT2D eigenvalue weighted by Crippen LogP contribution is 2.18. The lowest BCUT2D eigenvalue weighted by molar-refractivity contribution is -0.122. The number of rotatable bonds is 6. The molecule has 1 amide bonds. The number of anilines is 1. The third-order valence-corrected chi connectivity index (χ3v) is 4.91. The zero-order valence-corrected chi connectivity index (χ0v) is 14.3. The maximum absolute atomic E-state index is 12.8. The highest BCUT2D eigenvalue weighted by molar-refractivity contribution is 7.13. The number of nitrogens with one attached hydrogen (secondary N) is 1. The SMILES string of the molecule is O=C(CN1CCN(c2nccs2)CC1)NCCc1ccc(F)cc1. The molecule has 7 heteroatoms. The normalized spacial score (nSPS) is 15.5. The molecule has 0 aliphatic carbocycles. The zero-order valence-electron chi connectivity index (χ0n) is 13.4. The number of carbonyl (C=O) groups is 1. The smallest absolute Gasteiger partial charge is 0.234 e. The van der Waals surface area contributed by atoms with Crippen molar-refractivity contribution in [2.24, 2.45) is 0 Å². The fourth-order valence-electron chi connectivity index (χ4n) is 2.73. The van der Waals surface area contributed by atoms with Gasteiger partial charge < -0.3 is 10.2 Å². The summed E-state index contributed by atoms with van der Waals surface area (Å²) >= 11 is 1.65.